The molecule has 0 saturated carbocycles. The summed E-state index contributed by atoms with van der Waals surface area (Å²) in [5.74, 6) is 0.644. The van der Waals surface area contributed by atoms with Gasteiger partial charge in [-0.3, -0.25) is 4.79 Å². The lowest BCUT2D eigenvalue weighted by molar-refractivity contribution is -0.117. The molecule has 70 valence electrons. The van der Waals surface area contributed by atoms with Crippen molar-refractivity contribution in [3.05, 3.63) is 29.8 Å². The molecule has 0 radical (unpaired) electrons. The number of carbonyl (C=O) groups is 1. The molecule has 0 fully saturated rings. The summed E-state index contributed by atoms with van der Waals surface area (Å²) in [7, 11) is 1.53. The van der Waals surface area contributed by atoms with Crippen molar-refractivity contribution >= 4 is 6.29 Å². The topological polar surface area (TPSA) is 26.3 Å². The van der Waals surface area contributed by atoms with Crippen LogP contribution in [0.25, 0.3) is 0 Å². The van der Waals surface area contributed by atoms with Gasteiger partial charge in [0.2, 0.25) is 0 Å². The van der Waals surface area contributed by atoms with Crippen LogP contribution < -0.4 is 4.74 Å². The van der Waals surface area contributed by atoms with Crippen molar-refractivity contribution in [1.82, 2.24) is 0 Å². The van der Waals surface area contributed by atoms with E-state index in [1.54, 1.807) is 12.1 Å². The zero-order chi connectivity index (χ0) is 9.90. The first-order chi connectivity index (χ1) is 6.10. The fourth-order valence-corrected chi connectivity index (χ4v) is 0.985. The molecule has 0 heterocycles. The number of rotatable bonds is 3. The third-order valence-electron chi connectivity index (χ3n) is 1.88. The van der Waals surface area contributed by atoms with Gasteiger partial charge in [0, 0.05) is 0 Å². The fraction of sp³-hybridized carbons (Fsp3) is 0.300. The summed E-state index contributed by atoms with van der Waals surface area (Å²) in [5, 5.41) is 0. The molecule has 1 aromatic carbocycles. The van der Waals surface area contributed by atoms with Crippen LogP contribution in [0.1, 0.15) is 12.5 Å². The number of carbonyl (C=O) groups excluding carboxylic acids is 1. The average molecular weight is 182 g/mol. The average Bonchev–Trinajstić information content (AvgIpc) is 2.18. The Morgan fingerprint density at radius 3 is 2.31 bits per heavy atom. The van der Waals surface area contributed by atoms with Gasteiger partial charge >= 0.3 is 0 Å². The number of benzene rings is 1. The summed E-state index contributed by atoms with van der Waals surface area (Å²) in [6, 6.07) is 6.31. The van der Waals surface area contributed by atoms with E-state index in [-0.39, 0.29) is 6.29 Å². The molecule has 0 aliphatic heterocycles. The molecule has 0 saturated heterocycles. The van der Waals surface area contributed by atoms with E-state index < -0.39 is 5.67 Å². The Kier molecular flexibility index (Phi) is 2.66. The Balaban J connectivity index is 2.98. The van der Waals surface area contributed by atoms with Gasteiger partial charge in [-0.2, -0.15) is 0 Å². The van der Waals surface area contributed by atoms with Crippen molar-refractivity contribution in [1.29, 1.82) is 0 Å². The Morgan fingerprint density at radius 2 is 1.92 bits per heavy atom. The number of ether oxygens (including phenoxy) is 1. The molecule has 0 amide bonds. The van der Waals surface area contributed by atoms with E-state index in [2.05, 4.69) is 0 Å². The first kappa shape index (κ1) is 9.71. The molecular weight excluding hydrogens is 171 g/mol. The number of alkyl halides is 1. The standard InChI is InChI=1S/C10H11FO2/c1-10(11,7-12)8-3-5-9(13-2)6-4-8/h3-7H,1-2H3. The van der Waals surface area contributed by atoms with E-state index in [9.17, 15) is 9.18 Å². The van der Waals surface area contributed by atoms with Crippen molar-refractivity contribution in [3.8, 4) is 5.75 Å². The number of hydrogen-bond donors (Lipinski definition) is 0. The van der Waals surface area contributed by atoms with E-state index in [1.165, 1.54) is 26.2 Å². The van der Waals surface area contributed by atoms with Gasteiger partial charge in [0.25, 0.3) is 0 Å². The number of halogens is 1. The van der Waals surface area contributed by atoms with Crippen LogP contribution in [-0.4, -0.2) is 13.4 Å². The van der Waals surface area contributed by atoms with Gasteiger partial charge in [0.1, 0.15) is 5.75 Å². The van der Waals surface area contributed by atoms with Gasteiger partial charge in [-0.1, -0.05) is 12.1 Å². The van der Waals surface area contributed by atoms with Crippen LogP contribution in [0.5, 0.6) is 5.75 Å². The second kappa shape index (κ2) is 3.56. The van der Waals surface area contributed by atoms with Crippen molar-refractivity contribution in [2.45, 2.75) is 12.6 Å². The monoisotopic (exact) mass is 182 g/mol. The van der Waals surface area contributed by atoms with Gasteiger partial charge < -0.3 is 4.74 Å². The molecule has 1 aromatic rings. The van der Waals surface area contributed by atoms with Gasteiger partial charge in [-0.15, -0.1) is 0 Å². The highest BCUT2D eigenvalue weighted by molar-refractivity contribution is 5.65. The lowest BCUT2D eigenvalue weighted by atomic mass is 10.00. The summed E-state index contributed by atoms with van der Waals surface area (Å²) in [6.07, 6.45) is 0.287. The molecule has 3 heteroatoms. The molecule has 0 aliphatic carbocycles. The largest absolute Gasteiger partial charge is 0.497 e. The van der Waals surface area contributed by atoms with Gasteiger partial charge in [-0.05, 0) is 24.6 Å². The molecule has 1 atom stereocenters. The van der Waals surface area contributed by atoms with Crippen LogP contribution in [0.15, 0.2) is 24.3 Å². The maximum atomic E-state index is 13.4. The molecular formula is C10H11FO2. The molecule has 0 N–H and O–H groups in total. The molecule has 0 bridgehead atoms. The highest BCUT2D eigenvalue weighted by Gasteiger charge is 2.24. The summed E-state index contributed by atoms with van der Waals surface area (Å²) < 4.78 is 18.3. The lowest BCUT2D eigenvalue weighted by Crippen LogP contribution is -2.16. The summed E-state index contributed by atoms with van der Waals surface area (Å²) in [4.78, 5) is 10.4. The molecule has 0 aromatic heterocycles. The molecule has 1 unspecified atom stereocenters. The second-order valence-corrected chi connectivity index (χ2v) is 2.92. The highest BCUT2D eigenvalue weighted by Crippen LogP contribution is 2.24. The Bertz CT molecular complexity index is 290. The van der Waals surface area contributed by atoms with Crippen molar-refractivity contribution < 1.29 is 13.9 Å². The van der Waals surface area contributed by atoms with E-state index in [0.29, 0.717) is 11.3 Å². The van der Waals surface area contributed by atoms with E-state index in [1.807, 2.05) is 0 Å². The molecule has 0 aliphatic rings. The van der Waals surface area contributed by atoms with Crippen LogP contribution in [0, 0.1) is 0 Å². The minimum atomic E-state index is -1.91. The number of hydrogen-bond acceptors (Lipinski definition) is 2. The Labute approximate surface area is 76.3 Å². The zero-order valence-electron chi connectivity index (χ0n) is 7.58. The van der Waals surface area contributed by atoms with E-state index in [4.69, 9.17) is 4.74 Å². The SMILES string of the molecule is COc1ccc(C(C)(F)C=O)cc1. The predicted molar refractivity (Wildman–Crippen MR) is 47.5 cm³/mol. The second-order valence-electron chi connectivity index (χ2n) is 2.92. The molecule has 13 heavy (non-hydrogen) atoms. The lowest BCUT2D eigenvalue weighted by Gasteiger charge is -2.12. The van der Waals surface area contributed by atoms with Crippen molar-refractivity contribution in [2.75, 3.05) is 7.11 Å². The Morgan fingerprint density at radius 1 is 1.38 bits per heavy atom. The van der Waals surface area contributed by atoms with Crippen molar-refractivity contribution in [3.63, 3.8) is 0 Å². The van der Waals surface area contributed by atoms with E-state index >= 15 is 0 Å². The normalized spacial score (nSPS) is 14.7. The summed E-state index contributed by atoms with van der Waals surface area (Å²) in [5.41, 5.74) is -1.57. The maximum absolute atomic E-state index is 13.4. The first-order valence-electron chi connectivity index (χ1n) is 3.90. The number of aldehydes is 1. The predicted octanol–water partition coefficient (Wildman–Crippen LogP) is 2.08. The van der Waals surface area contributed by atoms with Gasteiger partial charge in [0.15, 0.2) is 12.0 Å². The van der Waals surface area contributed by atoms with Crippen molar-refractivity contribution in [2.24, 2.45) is 0 Å². The van der Waals surface area contributed by atoms with Gasteiger partial charge in [0.05, 0.1) is 7.11 Å². The minimum Gasteiger partial charge on any atom is -0.497 e. The summed E-state index contributed by atoms with van der Waals surface area (Å²) in [6.45, 7) is 1.22. The Hall–Kier alpha value is -1.38. The van der Waals surface area contributed by atoms with Crippen LogP contribution >= 0.6 is 0 Å². The highest BCUT2D eigenvalue weighted by atomic mass is 19.1. The summed E-state index contributed by atoms with van der Waals surface area (Å²) >= 11 is 0. The molecule has 1 rings (SSSR count). The maximum Gasteiger partial charge on any atom is 0.187 e. The minimum absolute atomic E-state index is 0.287. The molecule has 2 nitrogen and oxygen atoms in total. The van der Waals surface area contributed by atoms with Gasteiger partial charge in [-0.25, -0.2) is 4.39 Å². The van der Waals surface area contributed by atoms with Crippen LogP contribution in [-0.2, 0) is 10.5 Å². The first-order valence-corrected chi connectivity index (χ1v) is 3.90. The van der Waals surface area contributed by atoms with E-state index in [0.717, 1.165) is 0 Å². The zero-order valence-corrected chi connectivity index (χ0v) is 7.58. The third kappa shape index (κ3) is 2.05. The molecule has 0 spiro atoms. The quantitative estimate of drug-likeness (QED) is 0.669. The fourth-order valence-electron chi connectivity index (χ4n) is 0.985. The number of methoxy groups -OCH3 is 1. The third-order valence-corrected chi connectivity index (χ3v) is 1.88. The van der Waals surface area contributed by atoms with Crippen LogP contribution in [0.2, 0.25) is 0 Å². The smallest absolute Gasteiger partial charge is 0.187 e. The van der Waals surface area contributed by atoms with Crippen LogP contribution in [0.4, 0.5) is 4.39 Å². The van der Waals surface area contributed by atoms with Crippen LogP contribution in [0.3, 0.4) is 0 Å².